The number of aromatic nitrogens is 1. The second-order valence-corrected chi connectivity index (χ2v) is 9.69. The van der Waals surface area contributed by atoms with E-state index in [1.54, 1.807) is 24.5 Å². The number of thiazole rings is 1. The van der Waals surface area contributed by atoms with Crippen LogP contribution in [-0.4, -0.2) is 55.3 Å². The monoisotopic (exact) mass is 492 g/mol. The van der Waals surface area contributed by atoms with Crippen molar-refractivity contribution in [3.63, 3.8) is 0 Å². The van der Waals surface area contributed by atoms with Crippen LogP contribution in [0.5, 0.6) is 0 Å². The zero-order valence-corrected chi connectivity index (χ0v) is 20.9. The second kappa shape index (κ2) is 9.67. The average molecular weight is 493 g/mol. The summed E-state index contributed by atoms with van der Waals surface area (Å²) < 4.78 is 13.5. The molecule has 0 aliphatic carbocycles. The molecule has 0 unspecified atom stereocenters. The number of carbonyl (C=O) groups is 1. The topological polar surface area (TPSA) is 80.3 Å². The largest absolute Gasteiger partial charge is 0.463 e. The van der Waals surface area contributed by atoms with Crippen LogP contribution in [0.15, 0.2) is 67.9 Å². The molecule has 2 aliphatic heterocycles. The molecule has 0 N–H and O–H groups in total. The van der Waals surface area contributed by atoms with E-state index < -0.39 is 12.0 Å². The Balaban J connectivity index is 1.57. The first-order valence-corrected chi connectivity index (χ1v) is 12.6. The van der Waals surface area contributed by atoms with Gasteiger partial charge in [-0.3, -0.25) is 9.36 Å². The predicted molar refractivity (Wildman–Crippen MR) is 135 cm³/mol. The molecule has 1 saturated heterocycles. The SMILES string of the molecule is CCOC(=O)C1=C(C)N=c2s/c(=C/c3ccc(N4CCN(C)CC4)o3)c(=O)n2[C@H]1c1ccccc1. The highest BCUT2D eigenvalue weighted by atomic mass is 32.1. The van der Waals surface area contributed by atoms with Crippen molar-refractivity contribution >= 4 is 29.3 Å². The van der Waals surface area contributed by atoms with E-state index in [4.69, 9.17) is 9.15 Å². The first-order valence-electron chi connectivity index (χ1n) is 11.7. The van der Waals surface area contributed by atoms with Gasteiger partial charge in [-0.05, 0) is 32.5 Å². The lowest BCUT2D eigenvalue weighted by atomic mass is 9.96. The molecular weight excluding hydrogens is 464 g/mol. The molecule has 35 heavy (non-hydrogen) atoms. The fourth-order valence-electron chi connectivity index (χ4n) is 4.49. The summed E-state index contributed by atoms with van der Waals surface area (Å²) in [5.74, 6) is 0.959. The summed E-state index contributed by atoms with van der Waals surface area (Å²) in [6.07, 6.45) is 1.76. The fraction of sp³-hybridized carbons (Fsp3) is 0.346. The number of piperazine rings is 1. The van der Waals surface area contributed by atoms with Gasteiger partial charge in [-0.25, -0.2) is 9.79 Å². The maximum atomic E-state index is 13.6. The highest BCUT2D eigenvalue weighted by Gasteiger charge is 2.33. The Bertz CT molecular complexity index is 1440. The van der Waals surface area contributed by atoms with Gasteiger partial charge < -0.3 is 19.0 Å². The number of hydrogen-bond acceptors (Lipinski definition) is 8. The molecule has 3 aromatic rings. The van der Waals surface area contributed by atoms with Crippen molar-refractivity contribution < 1.29 is 13.9 Å². The fourth-order valence-corrected chi connectivity index (χ4v) is 5.51. The first-order chi connectivity index (χ1) is 17.0. The minimum absolute atomic E-state index is 0.213. The first kappa shape index (κ1) is 23.3. The van der Waals surface area contributed by atoms with Crippen molar-refractivity contribution in [2.24, 2.45) is 4.99 Å². The molecule has 1 fully saturated rings. The van der Waals surface area contributed by atoms with E-state index >= 15 is 0 Å². The molecule has 2 aliphatic rings. The Morgan fingerprint density at radius 2 is 1.91 bits per heavy atom. The number of allylic oxidation sites excluding steroid dienone is 1. The van der Waals surface area contributed by atoms with Crippen molar-refractivity contribution in [2.75, 3.05) is 44.7 Å². The number of nitrogens with zero attached hydrogens (tertiary/aromatic N) is 4. The number of anilines is 1. The van der Waals surface area contributed by atoms with Gasteiger partial charge in [-0.2, -0.15) is 0 Å². The van der Waals surface area contributed by atoms with Crippen LogP contribution in [0.25, 0.3) is 6.08 Å². The zero-order chi connectivity index (χ0) is 24.5. The van der Waals surface area contributed by atoms with Gasteiger partial charge in [0.2, 0.25) is 0 Å². The number of ether oxygens (including phenoxy) is 1. The summed E-state index contributed by atoms with van der Waals surface area (Å²) in [5.41, 5.74) is 1.55. The summed E-state index contributed by atoms with van der Waals surface area (Å²) in [5, 5.41) is 0. The van der Waals surface area contributed by atoms with Gasteiger partial charge in [0.05, 0.1) is 28.5 Å². The van der Waals surface area contributed by atoms with Gasteiger partial charge in [0.1, 0.15) is 5.76 Å². The molecule has 0 bridgehead atoms. The lowest BCUT2D eigenvalue weighted by molar-refractivity contribution is -0.139. The highest BCUT2D eigenvalue weighted by molar-refractivity contribution is 7.07. The van der Waals surface area contributed by atoms with Crippen LogP contribution in [0.2, 0.25) is 0 Å². The van der Waals surface area contributed by atoms with Crippen LogP contribution in [0.1, 0.15) is 31.2 Å². The smallest absolute Gasteiger partial charge is 0.338 e. The van der Waals surface area contributed by atoms with Crippen LogP contribution < -0.4 is 19.8 Å². The van der Waals surface area contributed by atoms with Crippen LogP contribution >= 0.6 is 11.3 Å². The molecule has 0 spiro atoms. The lowest BCUT2D eigenvalue weighted by Gasteiger charge is -2.32. The van der Waals surface area contributed by atoms with Gasteiger partial charge in [0.25, 0.3) is 5.56 Å². The molecule has 8 nitrogen and oxygen atoms in total. The predicted octanol–water partition coefficient (Wildman–Crippen LogP) is 2.14. The lowest BCUT2D eigenvalue weighted by Crippen LogP contribution is -2.44. The van der Waals surface area contributed by atoms with Crippen molar-refractivity contribution in [3.8, 4) is 0 Å². The minimum atomic E-state index is -0.605. The van der Waals surface area contributed by atoms with E-state index in [1.165, 1.54) is 11.3 Å². The van der Waals surface area contributed by atoms with Crippen LogP contribution in [0, 0.1) is 0 Å². The van der Waals surface area contributed by atoms with E-state index in [2.05, 4.69) is 21.8 Å². The highest BCUT2D eigenvalue weighted by Crippen LogP contribution is 2.30. The van der Waals surface area contributed by atoms with Crippen molar-refractivity contribution in [1.29, 1.82) is 0 Å². The Labute approximate surface area is 207 Å². The third kappa shape index (κ3) is 4.49. The Kier molecular flexibility index (Phi) is 6.44. The summed E-state index contributed by atoms with van der Waals surface area (Å²) in [4.78, 5) is 36.2. The van der Waals surface area contributed by atoms with E-state index in [9.17, 15) is 9.59 Å². The molecule has 0 amide bonds. The summed E-state index contributed by atoms with van der Waals surface area (Å²) >= 11 is 1.29. The molecule has 182 valence electrons. The van der Waals surface area contributed by atoms with Gasteiger partial charge in [0.15, 0.2) is 10.7 Å². The van der Waals surface area contributed by atoms with E-state index in [0.29, 0.717) is 26.4 Å². The number of hydrogen-bond donors (Lipinski definition) is 0. The number of furan rings is 1. The maximum absolute atomic E-state index is 13.6. The molecular formula is C26H28N4O4S. The number of carbonyl (C=O) groups excluding carboxylic acids is 1. The van der Waals surface area contributed by atoms with E-state index in [0.717, 1.165) is 37.6 Å². The number of fused-ring (bicyclic) bond motifs is 1. The molecule has 5 rings (SSSR count). The molecule has 2 aromatic heterocycles. The van der Waals surface area contributed by atoms with Gasteiger partial charge >= 0.3 is 5.97 Å². The number of esters is 1. The molecule has 4 heterocycles. The van der Waals surface area contributed by atoms with Crippen LogP contribution in [0.3, 0.4) is 0 Å². The molecule has 9 heteroatoms. The van der Waals surface area contributed by atoms with Gasteiger partial charge in [0, 0.05) is 38.3 Å². The maximum Gasteiger partial charge on any atom is 0.338 e. The van der Waals surface area contributed by atoms with Crippen molar-refractivity contribution in [1.82, 2.24) is 9.47 Å². The number of likely N-dealkylation sites (N-methyl/N-ethyl adjacent to an activating group) is 1. The average Bonchev–Trinajstić information content (AvgIpc) is 3.44. The second-order valence-electron chi connectivity index (χ2n) is 8.68. The molecule has 1 aromatic carbocycles. The Hall–Kier alpha value is -3.43. The summed E-state index contributed by atoms with van der Waals surface area (Å²) in [6.45, 7) is 7.56. The van der Waals surface area contributed by atoms with Crippen LogP contribution in [-0.2, 0) is 9.53 Å². The summed E-state index contributed by atoms with van der Waals surface area (Å²) in [6, 6.07) is 12.7. The number of rotatable bonds is 5. The van der Waals surface area contributed by atoms with Crippen molar-refractivity contribution in [2.45, 2.75) is 19.9 Å². The quantitative estimate of drug-likeness (QED) is 0.508. The molecule has 1 atom stereocenters. The molecule has 0 saturated carbocycles. The van der Waals surface area contributed by atoms with Crippen molar-refractivity contribution in [3.05, 3.63) is 84.7 Å². The van der Waals surface area contributed by atoms with Crippen LogP contribution in [0.4, 0.5) is 5.88 Å². The minimum Gasteiger partial charge on any atom is -0.463 e. The standard InChI is InChI=1S/C26H28N4O4S/c1-4-33-25(32)22-17(2)27-26-30(23(22)18-8-6-5-7-9-18)24(31)20(35-26)16-19-10-11-21(34-19)29-14-12-28(3)13-15-29/h5-11,16,23H,4,12-15H2,1-3H3/b20-16+/t23-/m0/s1. The Morgan fingerprint density at radius 1 is 1.17 bits per heavy atom. The Morgan fingerprint density at radius 3 is 2.63 bits per heavy atom. The van der Waals surface area contributed by atoms with E-state index in [-0.39, 0.29) is 12.2 Å². The van der Waals surface area contributed by atoms with Gasteiger partial charge in [-0.1, -0.05) is 41.7 Å². The molecule has 0 radical (unpaired) electrons. The third-order valence-electron chi connectivity index (χ3n) is 6.33. The number of benzene rings is 1. The third-order valence-corrected chi connectivity index (χ3v) is 7.32. The van der Waals surface area contributed by atoms with Gasteiger partial charge in [-0.15, -0.1) is 0 Å². The normalized spacial score (nSPS) is 19.0. The van der Waals surface area contributed by atoms with E-state index in [1.807, 2.05) is 42.5 Å². The summed E-state index contributed by atoms with van der Waals surface area (Å²) in [7, 11) is 2.11. The zero-order valence-electron chi connectivity index (χ0n) is 20.1.